The molecule has 0 aliphatic carbocycles. The Morgan fingerprint density at radius 3 is 3.00 bits per heavy atom. The minimum absolute atomic E-state index is 0.530. The van der Waals surface area contributed by atoms with Gasteiger partial charge in [-0.05, 0) is 69.8 Å². The Morgan fingerprint density at radius 1 is 1.45 bits per heavy atom. The Morgan fingerprint density at radius 2 is 2.25 bits per heavy atom. The number of piperidine rings is 1. The average Bonchev–Trinajstić information content (AvgIpc) is 2.43. The molecule has 3 heteroatoms. The van der Waals surface area contributed by atoms with Gasteiger partial charge in [-0.3, -0.25) is 0 Å². The van der Waals surface area contributed by atoms with Gasteiger partial charge in [0.05, 0.1) is 0 Å². The fraction of sp³-hybridized carbons (Fsp3) is 0.647. The maximum absolute atomic E-state index is 3.73. The minimum atomic E-state index is 0.530. The summed E-state index contributed by atoms with van der Waals surface area (Å²) in [6, 6.07) is 7.00. The Hall–Kier alpha value is -0.540. The Labute approximate surface area is 132 Å². The van der Waals surface area contributed by atoms with Crippen LogP contribution in [0.3, 0.4) is 0 Å². The zero-order valence-corrected chi connectivity index (χ0v) is 14.5. The van der Waals surface area contributed by atoms with Gasteiger partial charge in [-0.15, -0.1) is 0 Å². The Kier molecular flexibility index (Phi) is 5.91. The van der Waals surface area contributed by atoms with E-state index in [1.54, 1.807) is 0 Å². The highest BCUT2D eigenvalue weighted by Gasteiger charge is 2.24. The van der Waals surface area contributed by atoms with E-state index < -0.39 is 0 Å². The lowest BCUT2D eigenvalue weighted by atomic mass is 9.91. The largest absolute Gasteiger partial charge is 0.382 e. The zero-order chi connectivity index (χ0) is 14.5. The lowest BCUT2D eigenvalue weighted by molar-refractivity contribution is 0.165. The van der Waals surface area contributed by atoms with E-state index in [0.29, 0.717) is 6.04 Å². The quantitative estimate of drug-likeness (QED) is 0.838. The monoisotopic (exact) mass is 338 g/mol. The van der Waals surface area contributed by atoms with Crippen molar-refractivity contribution in [1.82, 2.24) is 4.90 Å². The van der Waals surface area contributed by atoms with Gasteiger partial charge >= 0.3 is 0 Å². The number of nitrogens with one attached hydrogen (secondary N) is 1. The molecule has 0 bridgehead atoms. The van der Waals surface area contributed by atoms with Gasteiger partial charge in [0.1, 0.15) is 0 Å². The first-order valence-corrected chi connectivity index (χ1v) is 8.64. The predicted molar refractivity (Wildman–Crippen MR) is 91.4 cm³/mol. The molecular weight excluding hydrogens is 312 g/mol. The van der Waals surface area contributed by atoms with E-state index in [-0.39, 0.29) is 0 Å². The molecule has 1 aliphatic heterocycles. The molecule has 1 heterocycles. The van der Waals surface area contributed by atoms with Gasteiger partial charge in [0.2, 0.25) is 0 Å². The van der Waals surface area contributed by atoms with Gasteiger partial charge in [-0.1, -0.05) is 28.9 Å². The van der Waals surface area contributed by atoms with Crippen molar-refractivity contribution in [2.75, 3.05) is 25.0 Å². The third kappa shape index (κ3) is 4.23. The highest BCUT2D eigenvalue weighted by Crippen LogP contribution is 2.26. The molecule has 0 radical (unpaired) electrons. The number of hydrogen-bond acceptors (Lipinski definition) is 2. The SMILES string of the molecule is CCCN1CCCC(C(C)Nc2cc(Br)ccc2C)C1. The second kappa shape index (κ2) is 7.46. The Balaban J connectivity index is 1.96. The second-order valence-electron chi connectivity index (χ2n) is 6.10. The lowest BCUT2D eigenvalue weighted by Gasteiger charge is -2.36. The van der Waals surface area contributed by atoms with E-state index in [2.05, 4.69) is 65.1 Å². The number of benzene rings is 1. The molecule has 1 aromatic rings. The highest BCUT2D eigenvalue weighted by atomic mass is 79.9. The molecule has 1 aromatic carbocycles. The van der Waals surface area contributed by atoms with Crippen molar-refractivity contribution in [2.45, 2.75) is 46.1 Å². The standard InChI is InChI=1S/C17H27BrN2/c1-4-9-20-10-5-6-15(12-20)14(3)19-17-11-16(18)8-7-13(17)2/h7-8,11,14-15,19H,4-6,9-10,12H2,1-3H3. The van der Waals surface area contributed by atoms with Crippen LogP contribution in [-0.2, 0) is 0 Å². The molecule has 1 N–H and O–H groups in total. The first kappa shape index (κ1) is 15.8. The van der Waals surface area contributed by atoms with Crippen LogP contribution in [0, 0.1) is 12.8 Å². The minimum Gasteiger partial charge on any atom is -0.382 e. The molecule has 0 saturated carbocycles. The summed E-state index contributed by atoms with van der Waals surface area (Å²) in [5.74, 6) is 0.758. The van der Waals surface area contributed by atoms with Gasteiger partial charge in [0, 0.05) is 22.7 Å². The molecule has 0 spiro atoms. The molecule has 1 aliphatic rings. The van der Waals surface area contributed by atoms with E-state index in [0.717, 1.165) is 10.4 Å². The summed E-state index contributed by atoms with van der Waals surface area (Å²) in [6.07, 6.45) is 3.95. The number of aryl methyl sites for hydroxylation is 1. The zero-order valence-electron chi connectivity index (χ0n) is 13.0. The van der Waals surface area contributed by atoms with Gasteiger partial charge in [0.25, 0.3) is 0 Å². The van der Waals surface area contributed by atoms with Gasteiger partial charge < -0.3 is 10.2 Å². The van der Waals surface area contributed by atoms with Crippen LogP contribution in [0.15, 0.2) is 22.7 Å². The van der Waals surface area contributed by atoms with Crippen LogP contribution in [0.5, 0.6) is 0 Å². The van der Waals surface area contributed by atoms with E-state index in [1.807, 2.05) is 0 Å². The summed E-state index contributed by atoms with van der Waals surface area (Å²) >= 11 is 3.56. The van der Waals surface area contributed by atoms with E-state index in [4.69, 9.17) is 0 Å². The Bertz CT molecular complexity index is 431. The number of nitrogens with zero attached hydrogens (tertiary/aromatic N) is 1. The second-order valence-corrected chi connectivity index (χ2v) is 7.01. The molecule has 112 valence electrons. The van der Waals surface area contributed by atoms with E-state index in [9.17, 15) is 0 Å². The van der Waals surface area contributed by atoms with Crippen LogP contribution in [0.2, 0.25) is 0 Å². The summed E-state index contributed by atoms with van der Waals surface area (Å²) in [5.41, 5.74) is 2.58. The maximum atomic E-state index is 3.73. The third-order valence-corrected chi connectivity index (χ3v) is 4.86. The van der Waals surface area contributed by atoms with Crippen LogP contribution in [0.25, 0.3) is 0 Å². The molecular formula is C17H27BrN2. The highest BCUT2D eigenvalue weighted by molar-refractivity contribution is 9.10. The predicted octanol–water partition coefficient (Wildman–Crippen LogP) is 4.68. The molecule has 0 aromatic heterocycles. The van der Waals surface area contributed by atoms with Crippen LogP contribution in [0.4, 0.5) is 5.69 Å². The van der Waals surface area contributed by atoms with Crippen molar-refractivity contribution < 1.29 is 0 Å². The molecule has 2 rings (SSSR count). The van der Waals surface area contributed by atoms with E-state index >= 15 is 0 Å². The fourth-order valence-electron chi connectivity index (χ4n) is 3.13. The number of anilines is 1. The van der Waals surface area contributed by atoms with Crippen molar-refractivity contribution in [3.63, 3.8) is 0 Å². The number of halogens is 1. The molecule has 1 fully saturated rings. The molecule has 2 unspecified atom stereocenters. The van der Waals surface area contributed by atoms with Gasteiger partial charge in [-0.25, -0.2) is 0 Å². The van der Waals surface area contributed by atoms with E-state index in [1.165, 1.54) is 50.1 Å². The topological polar surface area (TPSA) is 15.3 Å². The maximum Gasteiger partial charge on any atom is 0.0383 e. The van der Waals surface area contributed by atoms with Crippen molar-refractivity contribution in [2.24, 2.45) is 5.92 Å². The number of rotatable bonds is 5. The summed E-state index contributed by atoms with van der Waals surface area (Å²) < 4.78 is 1.15. The average molecular weight is 339 g/mol. The third-order valence-electron chi connectivity index (χ3n) is 4.37. The van der Waals surface area contributed by atoms with Crippen LogP contribution in [0.1, 0.15) is 38.7 Å². The first-order chi connectivity index (χ1) is 9.60. The van der Waals surface area contributed by atoms with Gasteiger partial charge in [0.15, 0.2) is 0 Å². The number of hydrogen-bond donors (Lipinski definition) is 1. The van der Waals surface area contributed by atoms with Crippen LogP contribution >= 0.6 is 15.9 Å². The van der Waals surface area contributed by atoms with Crippen LogP contribution < -0.4 is 5.32 Å². The first-order valence-electron chi connectivity index (χ1n) is 7.85. The normalized spacial score (nSPS) is 21.7. The lowest BCUT2D eigenvalue weighted by Crippen LogP contribution is -2.42. The molecule has 20 heavy (non-hydrogen) atoms. The van der Waals surface area contributed by atoms with Crippen molar-refractivity contribution in [3.05, 3.63) is 28.2 Å². The summed E-state index contributed by atoms with van der Waals surface area (Å²) in [6.45, 7) is 10.6. The molecule has 0 amide bonds. The van der Waals surface area contributed by atoms with Crippen molar-refractivity contribution in [3.8, 4) is 0 Å². The van der Waals surface area contributed by atoms with Gasteiger partial charge in [-0.2, -0.15) is 0 Å². The summed E-state index contributed by atoms with van der Waals surface area (Å²) in [4.78, 5) is 2.63. The molecule has 2 atom stereocenters. The van der Waals surface area contributed by atoms with Crippen LogP contribution in [-0.4, -0.2) is 30.6 Å². The smallest absolute Gasteiger partial charge is 0.0383 e. The number of likely N-dealkylation sites (tertiary alicyclic amines) is 1. The fourth-order valence-corrected chi connectivity index (χ4v) is 3.49. The summed E-state index contributed by atoms with van der Waals surface area (Å²) in [7, 11) is 0. The van der Waals surface area contributed by atoms with Crippen molar-refractivity contribution >= 4 is 21.6 Å². The molecule has 1 saturated heterocycles. The molecule has 2 nitrogen and oxygen atoms in total. The summed E-state index contributed by atoms with van der Waals surface area (Å²) in [5, 5.41) is 3.73. The van der Waals surface area contributed by atoms with Crippen molar-refractivity contribution in [1.29, 1.82) is 0 Å².